The van der Waals surface area contributed by atoms with Gasteiger partial charge in [-0.15, -0.1) is 11.3 Å². The van der Waals surface area contributed by atoms with Gasteiger partial charge in [-0.25, -0.2) is 9.67 Å². The fraction of sp³-hybridized carbons (Fsp3) is 0.143. The molecule has 5 heteroatoms. The van der Waals surface area contributed by atoms with Gasteiger partial charge in [-0.05, 0) is 19.1 Å². The molecule has 0 radical (unpaired) electrons. The maximum absolute atomic E-state index is 12.6. The van der Waals surface area contributed by atoms with Crippen molar-refractivity contribution < 1.29 is 0 Å². The minimum absolute atomic E-state index is 0.0267. The first-order valence-electron chi connectivity index (χ1n) is 5.94. The van der Waals surface area contributed by atoms with E-state index >= 15 is 0 Å². The Bertz CT molecular complexity index is 754. The number of rotatable bonds is 2. The van der Waals surface area contributed by atoms with Gasteiger partial charge in [0.2, 0.25) is 0 Å². The number of nitrogens with zero attached hydrogens (tertiary/aromatic N) is 3. The van der Waals surface area contributed by atoms with Crippen LogP contribution in [0.4, 0.5) is 0 Å². The van der Waals surface area contributed by atoms with E-state index in [-0.39, 0.29) is 5.56 Å². The van der Waals surface area contributed by atoms with Gasteiger partial charge in [0.1, 0.15) is 5.01 Å². The van der Waals surface area contributed by atoms with Crippen LogP contribution in [0.5, 0.6) is 0 Å². The van der Waals surface area contributed by atoms with Gasteiger partial charge in [0.15, 0.2) is 0 Å². The quantitative estimate of drug-likeness (QED) is 0.718. The summed E-state index contributed by atoms with van der Waals surface area (Å²) in [7, 11) is 1.89. The van der Waals surface area contributed by atoms with Gasteiger partial charge in [0.05, 0.1) is 11.3 Å². The molecule has 0 saturated heterocycles. The zero-order chi connectivity index (χ0) is 13.4. The molecule has 0 amide bonds. The Balaban J connectivity index is 2.30. The van der Waals surface area contributed by atoms with Crippen LogP contribution in [0.1, 0.15) is 5.69 Å². The smallest absolute Gasteiger partial charge is 0.281 e. The van der Waals surface area contributed by atoms with Gasteiger partial charge < -0.3 is 0 Å². The molecule has 96 valence electrons. The maximum Gasteiger partial charge on any atom is 0.281 e. The summed E-state index contributed by atoms with van der Waals surface area (Å²) in [5.74, 6) is 0. The number of hydrogen-bond donors (Lipinski definition) is 0. The molecule has 2 heterocycles. The van der Waals surface area contributed by atoms with E-state index in [4.69, 9.17) is 0 Å². The summed E-state index contributed by atoms with van der Waals surface area (Å²) in [6.07, 6.45) is 1.72. The first kappa shape index (κ1) is 11.9. The van der Waals surface area contributed by atoms with E-state index in [9.17, 15) is 4.79 Å². The molecular formula is C14H13N3OS. The van der Waals surface area contributed by atoms with Crippen molar-refractivity contribution in [2.24, 2.45) is 7.05 Å². The molecule has 0 aliphatic heterocycles. The van der Waals surface area contributed by atoms with Crippen molar-refractivity contribution in [2.75, 3.05) is 0 Å². The molecule has 1 aromatic carbocycles. The SMILES string of the molecule is Cc1c(-c2nccs2)c(=O)n(-c2ccccc2)n1C. The van der Waals surface area contributed by atoms with Crippen molar-refractivity contribution in [2.45, 2.75) is 6.92 Å². The second-order valence-electron chi connectivity index (χ2n) is 4.27. The van der Waals surface area contributed by atoms with Crippen molar-refractivity contribution in [3.63, 3.8) is 0 Å². The van der Waals surface area contributed by atoms with Crippen molar-refractivity contribution >= 4 is 11.3 Å². The highest BCUT2D eigenvalue weighted by molar-refractivity contribution is 7.13. The van der Waals surface area contributed by atoms with Crippen LogP contribution in [-0.4, -0.2) is 14.3 Å². The summed E-state index contributed by atoms with van der Waals surface area (Å²) in [6.45, 7) is 1.94. The number of benzene rings is 1. The Morgan fingerprint density at radius 2 is 1.95 bits per heavy atom. The molecule has 19 heavy (non-hydrogen) atoms. The lowest BCUT2D eigenvalue weighted by Gasteiger charge is -2.07. The summed E-state index contributed by atoms with van der Waals surface area (Å²) >= 11 is 1.48. The molecular weight excluding hydrogens is 258 g/mol. The van der Waals surface area contributed by atoms with E-state index in [2.05, 4.69) is 4.98 Å². The Labute approximate surface area is 114 Å². The molecule has 0 bridgehead atoms. The fourth-order valence-corrected chi connectivity index (χ4v) is 2.89. The van der Waals surface area contributed by atoms with Crippen molar-refractivity contribution in [3.8, 4) is 16.3 Å². The topological polar surface area (TPSA) is 39.8 Å². The minimum atomic E-state index is -0.0267. The second-order valence-corrected chi connectivity index (χ2v) is 5.17. The molecule has 0 aliphatic rings. The van der Waals surface area contributed by atoms with Crippen molar-refractivity contribution in [1.82, 2.24) is 14.3 Å². The third kappa shape index (κ3) is 1.82. The molecule has 0 unspecified atom stereocenters. The molecule has 0 N–H and O–H groups in total. The van der Waals surface area contributed by atoms with Crippen molar-refractivity contribution in [3.05, 3.63) is 58.0 Å². The standard InChI is InChI=1S/C14H13N3OS/c1-10-12(13-15-8-9-19-13)14(18)17(16(10)2)11-6-4-3-5-7-11/h3-9H,1-2H3. The van der Waals surface area contributed by atoms with Gasteiger partial charge in [0, 0.05) is 24.3 Å². The number of thiazole rings is 1. The third-order valence-electron chi connectivity index (χ3n) is 3.20. The van der Waals surface area contributed by atoms with Gasteiger partial charge in [-0.2, -0.15) is 0 Å². The van der Waals surface area contributed by atoms with Crippen molar-refractivity contribution in [1.29, 1.82) is 0 Å². The second kappa shape index (κ2) is 4.51. The third-order valence-corrected chi connectivity index (χ3v) is 3.99. The van der Waals surface area contributed by atoms with E-state index in [0.29, 0.717) is 5.56 Å². The van der Waals surface area contributed by atoms with E-state index < -0.39 is 0 Å². The molecule has 0 saturated carbocycles. The van der Waals surface area contributed by atoms with Gasteiger partial charge >= 0.3 is 0 Å². The molecule has 0 fully saturated rings. The predicted molar refractivity (Wildman–Crippen MR) is 76.9 cm³/mol. The van der Waals surface area contributed by atoms with Crippen LogP contribution in [-0.2, 0) is 7.05 Å². The monoisotopic (exact) mass is 271 g/mol. The summed E-state index contributed by atoms with van der Waals surface area (Å²) in [5.41, 5.74) is 2.44. The first-order valence-corrected chi connectivity index (χ1v) is 6.82. The molecule has 3 aromatic rings. The minimum Gasteiger partial charge on any atom is -0.285 e. The van der Waals surface area contributed by atoms with Crippen LogP contribution in [0.25, 0.3) is 16.3 Å². The van der Waals surface area contributed by atoms with Crippen LogP contribution in [0.3, 0.4) is 0 Å². The molecule has 3 rings (SSSR count). The molecule has 2 aromatic heterocycles. The molecule has 0 spiro atoms. The maximum atomic E-state index is 12.6. The highest BCUT2D eigenvalue weighted by atomic mass is 32.1. The highest BCUT2D eigenvalue weighted by Crippen LogP contribution is 2.23. The number of hydrogen-bond acceptors (Lipinski definition) is 3. The van der Waals surface area contributed by atoms with Crippen LogP contribution in [0, 0.1) is 6.92 Å². The largest absolute Gasteiger partial charge is 0.285 e. The first-order chi connectivity index (χ1) is 9.20. The summed E-state index contributed by atoms with van der Waals surface area (Å²) in [5, 5.41) is 2.65. The Kier molecular flexibility index (Phi) is 2.83. The predicted octanol–water partition coefficient (Wildman–Crippen LogP) is 2.61. The summed E-state index contributed by atoms with van der Waals surface area (Å²) in [6, 6.07) is 9.63. The van der Waals surface area contributed by atoms with E-state index in [1.165, 1.54) is 11.3 Å². The average molecular weight is 271 g/mol. The van der Waals surface area contributed by atoms with E-state index in [1.807, 2.05) is 54.4 Å². The van der Waals surface area contributed by atoms with Gasteiger partial charge in [-0.3, -0.25) is 9.48 Å². The van der Waals surface area contributed by atoms with Crippen LogP contribution in [0.2, 0.25) is 0 Å². The average Bonchev–Trinajstić information content (AvgIpc) is 3.00. The van der Waals surface area contributed by atoms with Gasteiger partial charge in [0.25, 0.3) is 5.56 Å². The summed E-state index contributed by atoms with van der Waals surface area (Å²) in [4.78, 5) is 16.9. The summed E-state index contributed by atoms with van der Waals surface area (Å²) < 4.78 is 3.54. The van der Waals surface area contributed by atoms with E-state index in [0.717, 1.165) is 16.4 Å². The zero-order valence-corrected chi connectivity index (χ0v) is 11.5. The normalized spacial score (nSPS) is 10.8. The number of aromatic nitrogens is 3. The van der Waals surface area contributed by atoms with Crippen LogP contribution in [0.15, 0.2) is 46.7 Å². The lowest BCUT2D eigenvalue weighted by Crippen LogP contribution is -2.20. The molecule has 0 atom stereocenters. The zero-order valence-electron chi connectivity index (χ0n) is 10.7. The molecule has 4 nitrogen and oxygen atoms in total. The lowest BCUT2D eigenvalue weighted by atomic mass is 10.2. The Morgan fingerprint density at radius 3 is 2.58 bits per heavy atom. The Hall–Kier alpha value is -2.14. The molecule has 0 aliphatic carbocycles. The number of para-hydroxylation sites is 1. The van der Waals surface area contributed by atoms with E-state index in [1.54, 1.807) is 10.9 Å². The highest BCUT2D eigenvalue weighted by Gasteiger charge is 2.18. The van der Waals surface area contributed by atoms with Crippen LogP contribution < -0.4 is 5.56 Å². The van der Waals surface area contributed by atoms with Crippen LogP contribution >= 0.6 is 11.3 Å². The Morgan fingerprint density at radius 1 is 1.21 bits per heavy atom. The van der Waals surface area contributed by atoms with Gasteiger partial charge in [-0.1, -0.05) is 18.2 Å². The fourth-order valence-electron chi connectivity index (χ4n) is 2.16. The lowest BCUT2D eigenvalue weighted by molar-refractivity contribution is 0.630.